The lowest BCUT2D eigenvalue weighted by Gasteiger charge is -2.35. The van der Waals surface area contributed by atoms with Crippen molar-refractivity contribution in [3.63, 3.8) is 0 Å². The number of ether oxygens (including phenoxy) is 1. The van der Waals surface area contributed by atoms with Gasteiger partial charge in [0.25, 0.3) is 0 Å². The van der Waals surface area contributed by atoms with E-state index in [1.54, 1.807) is 6.92 Å². The predicted octanol–water partition coefficient (Wildman–Crippen LogP) is 3.43. The van der Waals surface area contributed by atoms with Gasteiger partial charge in [-0.25, -0.2) is 9.78 Å². The second-order valence-electron chi connectivity index (χ2n) is 6.35. The molecule has 1 aliphatic heterocycles. The van der Waals surface area contributed by atoms with Crippen molar-refractivity contribution >= 4 is 17.3 Å². The number of nitrogens with zero attached hydrogens (tertiary/aromatic N) is 2. The van der Waals surface area contributed by atoms with E-state index in [2.05, 4.69) is 29.8 Å². The van der Waals surface area contributed by atoms with Crippen LogP contribution in [0.2, 0.25) is 0 Å². The number of morpholine rings is 1. The molecule has 5 nitrogen and oxygen atoms in total. The van der Waals surface area contributed by atoms with Gasteiger partial charge in [-0.15, -0.1) is 11.3 Å². The molecule has 2 unspecified atom stereocenters. The number of hydrogen-bond donors (Lipinski definition) is 1. The first-order valence-electron chi connectivity index (χ1n) is 8.11. The fraction of sp³-hybridized carbons (Fsp3) is 0.444. The standard InChI is InChI=1S/C18H22N2O3S/c1-11-8-20(9-12(2)23-11)10-14-6-4-5-7-15(14)17-19-13(3)16(24-17)18(21)22/h4-7,11-12H,8-10H2,1-3H3,(H,21,22). The normalized spacial score (nSPS) is 21.8. The Balaban J connectivity index is 1.88. The lowest BCUT2D eigenvalue weighted by Crippen LogP contribution is -2.44. The number of carbonyl (C=O) groups is 1. The quantitative estimate of drug-likeness (QED) is 0.919. The van der Waals surface area contributed by atoms with Crippen LogP contribution in [0.5, 0.6) is 0 Å². The number of hydrogen-bond acceptors (Lipinski definition) is 5. The third-order valence-corrected chi connectivity index (χ3v) is 5.31. The van der Waals surface area contributed by atoms with Crippen LogP contribution in [0, 0.1) is 6.92 Å². The minimum Gasteiger partial charge on any atom is -0.477 e. The van der Waals surface area contributed by atoms with Crippen molar-refractivity contribution in [2.75, 3.05) is 13.1 Å². The highest BCUT2D eigenvalue weighted by atomic mass is 32.1. The summed E-state index contributed by atoms with van der Waals surface area (Å²) in [5.74, 6) is -0.912. The summed E-state index contributed by atoms with van der Waals surface area (Å²) in [5.41, 5.74) is 2.76. The van der Waals surface area contributed by atoms with E-state index < -0.39 is 5.97 Å². The lowest BCUT2D eigenvalue weighted by molar-refractivity contribution is -0.0704. The highest BCUT2D eigenvalue weighted by molar-refractivity contribution is 7.17. The van der Waals surface area contributed by atoms with Crippen molar-refractivity contribution in [1.82, 2.24) is 9.88 Å². The van der Waals surface area contributed by atoms with Crippen molar-refractivity contribution in [2.45, 2.75) is 39.5 Å². The first-order chi connectivity index (χ1) is 11.4. The van der Waals surface area contributed by atoms with E-state index in [0.29, 0.717) is 10.6 Å². The number of thiazole rings is 1. The van der Waals surface area contributed by atoms with E-state index >= 15 is 0 Å². The Hall–Kier alpha value is -1.76. The molecule has 0 bridgehead atoms. The number of aromatic nitrogens is 1. The molecule has 1 aromatic heterocycles. The van der Waals surface area contributed by atoms with Gasteiger partial charge < -0.3 is 9.84 Å². The van der Waals surface area contributed by atoms with Crippen LogP contribution in [-0.2, 0) is 11.3 Å². The van der Waals surface area contributed by atoms with E-state index in [-0.39, 0.29) is 12.2 Å². The van der Waals surface area contributed by atoms with Crippen LogP contribution in [0.3, 0.4) is 0 Å². The summed E-state index contributed by atoms with van der Waals surface area (Å²) in [6.07, 6.45) is 0.447. The molecule has 6 heteroatoms. The van der Waals surface area contributed by atoms with Crippen LogP contribution in [0.4, 0.5) is 0 Å². The van der Waals surface area contributed by atoms with Crippen LogP contribution < -0.4 is 0 Å². The molecule has 128 valence electrons. The number of carboxylic acids is 1. The van der Waals surface area contributed by atoms with Crippen LogP contribution >= 0.6 is 11.3 Å². The molecule has 2 atom stereocenters. The average molecular weight is 346 g/mol. The molecule has 1 saturated heterocycles. The van der Waals surface area contributed by atoms with Gasteiger partial charge in [0.15, 0.2) is 0 Å². The average Bonchev–Trinajstić information content (AvgIpc) is 2.89. The molecule has 0 amide bonds. The molecule has 3 rings (SSSR count). The Morgan fingerprint density at radius 3 is 2.62 bits per heavy atom. The van der Waals surface area contributed by atoms with Crippen LogP contribution in [0.25, 0.3) is 10.6 Å². The maximum Gasteiger partial charge on any atom is 0.347 e. The second kappa shape index (κ2) is 7.01. The lowest BCUT2D eigenvalue weighted by atomic mass is 10.1. The van der Waals surface area contributed by atoms with Crippen LogP contribution in [0.1, 0.15) is 34.8 Å². The van der Waals surface area contributed by atoms with Gasteiger partial charge in [0, 0.05) is 25.2 Å². The topological polar surface area (TPSA) is 62.7 Å². The fourth-order valence-corrected chi connectivity index (χ4v) is 4.20. The van der Waals surface area contributed by atoms with Crippen molar-refractivity contribution < 1.29 is 14.6 Å². The summed E-state index contributed by atoms with van der Waals surface area (Å²) >= 11 is 1.24. The Morgan fingerprint density at radius 2 is 2.00 bits per heavy atom. The third-order valence-electron chi connectivity index (χ3n) is 4.13. The molecule has 2 heterocycles. The highest BCUT2D eigenvalue weighted by Gasteiger charge is 2.23. The zero-order chi connectivity index (χ0) is 17.3. The molecule has 0 radical (unpaired) electrons. The monoisotopic (exact) mass is 346 g/mol. The molecule has 1 aliphatic rings. The van der Waals surface area contributed by atoms with Gasteiger partial charge in [-0.2, -0.15) is 0 Å². The molecule has 1 fully saturated rings. The molecule has 1 N–H and O–H groups in total. The van der Waals surface area contributed by atoms with E-state index in [9.17, 15) is 9.90 Å². The van der Waals surface area contributed by atoms with E-state index in [0.717, 1.165) is 30.2 Å². The second-order valence-corrected chi connectivity index (χ2v) is 7.35. The fourth-order valence-electron chi connectivity index (χ4n) is 3.23. The summed E-state index contributed by atoms with van der Waals surface area (Å²) in [7, 11) is 0. The Labute approximate surface area is 145 Å². The smallest absolute Gasteiger partial charge is 0.347 e. The maximum absolute atomic E-state index is 11.3. The molecule has 2 aromatic rings. The summed E-state index contributed by atoms with van der Waals surface area (Å²) in [4.78, 5) is 18.5. The molecule has 24 heavy (non-hydrogen) atoms. The molecule has 1 aromatic carbocycles. The van der Waals surface area contributed by atoms with Gasteiger partial charge in [-0.1, -0.05) is 24.3 Å². The summed E-state index contributed by atoms with van der Waals surface area (Å²) in [5, 5.41) is 10.0. The summed E-state index contributed by atoms with van der Waals surface area (Å²) in [6, 6.07) is 8.11. The van der Waals surface area contributed by atoms with Crippen LogP contribution in [0.15, 0.2) is 24.3 Å². The van der Waals surface area contributed by atoms with Crippen molar-refractivity contribution in [3.8, 4) is 10.6 Å². The van der Waals surface area contributed by atoms with Crippen molar-refractivity contribution in [2.24, 2.45) is 0 Å². The first-order valence-corrected chi connectivity index (χ1v) is 8.92. The van der Waals surface area contributed by atoms with E-state index in [1.807, 2.05) is 18.2 Å². The molecule has 0 spiro atoms. The Morgan fingerprint density at radius 1 is 1.33 bits per heavy atom. The van der Waals surface area contributed by atoms with E-state index in [1.165, 1.54) is 16.9 Å². The van der Waals surface area contributed by atoms with Gasteiger partial charge in [-0.05, 0) is 26.3 Å². The zero-order valence-corrected chi connectivity index (χ0v) is 15.0. The van der Waals surface area contributed by atoms with Gasteiger partial charge in [-0.3, -0.25) is 4.90 Å². The first kappa shape index (κ1) is 17.1. The van der Waals surface area contributed by atoms with Crippen molar-refractivity contribution in [1.29, 1.82) is 0 Å². The van der Waals surface area contributed by atoms with Crippen LogP contribution in [-0.4, -0.2) is 46.3 Å². The largest absolute Gasteiger partial charge is 0.477 e. The minimum atomic E-state index is -0.912. The highest BCUT2D eigenvalue weighted by Crippen LogP contribution is 2.31. The molecule has 0 aliphatic carbocycles. The van der Waals surface area contributed by atoms with Gasteiger partial charge >= 0.3 is 5.97 Å². The molecular formula is C18H22N2O3S. The minimum absolute atomic E-state index is 0.224. The van der Waals surface area contributed by atoms with Gasteiger partial charge in [0.05, 0.1) is 17.9 Å². The number of rotatable bonds is 4. The maximum atomic E-state index is 11.3. The zero-order valence-electron chi connectivity index (χ0n) is 14.2. The number of benzene rings is 1. The summed E-state index contributed by atoms with van der Waals surface area (Å²) < 4.78 is 5.80. The Kier molecular flexibility index (Phi) is 4.99. The molecule has 0 saturated carbocycles. The Bertz CT molecular complexity index is 734. The van der Waals surface area contributed by atoms with Crippen molar-refractivity contribution in [3.05, 3.63) is 40.4 Å². The predicted molar refractivity (Wildman–Crippen MR) is 94.5 cm³/mol. The van der Waals surface area contributed by atoms with E-state index in [4.69, 9.17) is 4.74 Å². The summed E-state index contributed by atoms with van der Waals surface area (Å²) in [6.45, 7) is 8.55. The number of aromatic carboxylic acids is 1. The number of aryl methyl sites for hydroxylation is 1. The number of carboxylic acid groups (broad SMARTS) is 1. The van der Waals surface area contributed by atoms with Gasteiger partial charge in [0.1, 0.15) is 9.88 Å². The van der Waals surface area contributed by atoms with Gasteiger partial charge in [0.2, 0.25) is 0 Å². The third kappa shape index (κ3) is 3.66. The molecular weight excluding hydrogens is 324 g/mol. The SMILES string of the molecule is Cc1nc(-c2ccccc2CN2CC(C)OC(C)C2)sc1C(=O)O.